The molecule has 5 heteroatoms. The van der Waals surface area contributed by atoms with E-state index >= 15 is 0 Å². The number of aromatic hydroxyl groups is 1. The molecule has 1 aromatic carbocycles. The molecule has 1 heterocycles. The van der Waals surface area contributed by atoms with Gasteiger partial charge in [-0.05, 0) is 31.0 Å². The summed E-state index contributed by atoms with van der Waals surface area (Å²) in [5.74, 6) is -0.479. The number of hydrogen-bond acceptors (Lipinski definition) is 3. The molecule has 3 rings (SSSR count). The van der Waals surface area contributed by atoms with E-state index in [1.165, 1.54) is 31.7 Å². The van der Waals surface area contributed by atoms with E-state index in [9.17, 15) is 9.90 Å². The van der Waals surface area contributed by atoms with E-state index in [-0.39, 0.29) is 11.3 Å². The van der Waals surface area contributed by atoms with E-state index in [0.29, 0.717) is 6.04 Å². The quantitative estimate of drug-likeness (QED) is 0.672. The van der Waals surface area contributed by atoms with Crippen molar-refractivity contribution in [3.63, 3.8) is 0 Å². The Kier molecular flexibility index (Phi) is 4.23. The van der Waals surface area contributed by atoms with Gasteiger partial charge in [-0.15, -0.1) is 0 Å². The zero-order chi connectivity index (χ0) is 15.4. The summed E-state index contributed by atoms with van der Waals surface area (Å²) < 4.78 is 2.22. The van der Waals surface area contributed by atoms with Gasteiger partial charge >= 0.3 is 0 Å². The Bertz CT molecular complexity index is 685. The second kappa shape index (κ2) is 6.47. The minimum absolute atomic E-state index is 0.0532. The minimum Gasteiger partial charge on any atom is -0.507 e. The Labute approximate surface area is 129 Å². The topological polar surface area (TPSA) is 66.6 Å². The third kappa shape index (κ3) is 3.19. The molecule has 2 N–H and O–H groups in total. The van der Waals surface area contributed by atoms with Crippen LogP contribution in [0, 0.1) is 0 Å². The van der Waals surface area contributed by atoms with Crippen LogP contribution in [0.15, 0.2) is 47.8 Å². The number of carbonyl (C=O) groups is 1. The van der Waals surface area contributed by atoms with Crippen LogP contribution in [0.5, 0.6) is 5.75 Å². The summed E-state index contributed by atoms with van der Waals surface area (Å²) in [6.07, 6.45) is 10.8. The molecule has 0 unspecified atom stereocenters. The van der Waals surface area contributed by atoms with Crippen molar-refractivity contribution >= 4 is 12.1 Å². The highest BCUT2D eigenvalue weighted by Gasteiger charge is 2.16. The van der Waals surface area contributed by atoms with Crippen LogP contribution >= 0.6 is 0 Å². The van der Waals surface area contributed by atoms with Gasteiger partial charge in [0.15, 0.2) is 0 Å². The second-order valence-corrected chi connectivity index (χ2v) is 5.55. The maximum Gasteiger partial charge on any atom is 0.275 e. The molecular formula is C17H19N3O2. The lowest BCUT2D eigenvalue weighted by Gasteiger charge is -2.10. The molecule has 0 spiro atoms. The number of para-hydroxylation sites is 1. The summed E-state index contributed by atoms with van der Waals surface area (Å²) in [6.45, 7) is 0. The number of phenols is 1. The van der Waals surface area contributed by atoms with Crippen LogP contribution in [0.2, 0.25) is 0 Å². The van der Waals surface area contributed by atoms with E-state index in [2.05, 4.69) is 21.3 Å². The van der Waals surface area contributed by atoms with Crippen molar-refractivity contribution in [3.05, 3.63) is 53.9 Å². The highest BCUT2D eigenvalue weighted by molar-refractivity contribution is 5.97. The Hall–Kier alpha value is -2.56. The van der Waals surface area contributed by atoms with Gasteiger partial charge in [0.05, 0.1) is 11.8 Å². The molecule has 22 heavy (non-hydrogen) atoms. The fourth-order valence-electron chi connectivity index (χ4n) is 2.83. The average molecular weight is 297 g/mol. The van der Waals surface area contributed by atoms with E-state index in [4.69, 9.17) is 0 Å². The molecule has 0 aliphatic heterocycles. The molecule has 1 aromatic heterocycles. The summed E-state index contributed by atoms with van der Waals surface area (Å²) in [7, 11) is 0. The van der Waals surface area contributed by atoms with Crippen LogP contribution in [-0.2, 0) is 0 Å². The molecule has 1 amide bonds. The Morgan fingerprint density at radius 1 is 1.27 bits per heavy atom. The maximum absolute atomic E-state index is 11.9. The number of nitrogens with one attached hydrogen (secondary N) is 1. The Morgan fingerprint density at radius 3 is 2.82 bits per heavy atom. The maximum atomic E-state index is 11.9. The molecule has 0 bridgehead atoms. The first-order chi connectivity index (χ1) is 10.7. The van der Waals surface area contributed by atoms with E-state index in [1.54, 1.807) is 24.4 Å². The second-order valence-electron chi connectivity index (χ2n) is 5.55. The SMILES string of the molecule is O=C(N/N=C/c1ccn(C2CCCC2)c1)c1ccccc1O. The fraction of sp³-hybridized carbons (Fsp3) is 0.294. The Morgan fingerprint density at radius 2 is 2.05 bits per heavy atom. The third-order valence-electron chi connectivity index (χ3n) is 4.01. The summed E-state index contributed by atoms with van der Waals surface area (Å²) in [5, 5.41) is 13.6. The van der Waals surface area contributed by atoms with Gasteiger partial charge in [-0.3, -0.25) is 4.79 Å². The van der Waals surface area contributed by atoms with Gasteiger partial charge in [-0.1, -0.05) is 25.0 Å². The van der Waals surface area contributed by atoms with Crippen LogP contribution in [0.4, 0.5) is 0 Å². The third-order valence-corrected chi connectivity index (χ3v) is 4.01. The van der Waals surface area contributed by atoms with Crippen molar-refractivity contribution in [1.29, 1.82) is 0 Å². The van der Waals surface area contributed by atoms with E-state index < -0.39 is 5.91 Å². The van der Waals surface area contributed by atoms with Crippen LogP contribution in [0.3, 0.4) is 0 Å². The van der Waals surface area contributed by atoms with Crippen molar-refractivity contribution < 1.29 is 9.90 Å². The number of carbonyl (C=O) groups excluding carboxylic acids is 1. The van der Waals surface area contributed by atoms with E-state index in [0.717, 1.165) is 5.56 Å². The molecule has 1 fully saturated rings. The number of amides is 1. The lowest BCUT2D eigenvalue weighted by atomic mass is 10.2. The fourth-order valence-corrected chi connectivity index (χ4v) is 2.83. The van der Waals surface area contributed by atoms with Crippen molar-refractivity contribution in [2.75, 3.05) is 0 Å². The first-order valence-corrected chi connectivity index (χ1v) is 7.53. The predicted octanol–water partition coefficient (Wildman–Crippen LogP) is 3.07. The zero-order valence-electron chi connectivity index (χ0n) is 12.3. The number of rotatable bonds is 4. The lowest BCUT2D eigenvalue weighted by molar-refractivity contribution is 0.0952. The standard InChI is InChI=1S/C17H19N3O2/c21-16-8-4-3-7-15(16)17(22)19-18-11-13-9-10-20(12-13)14-5-1-2-6-14/h3-4,7-12,14,21H,1-2,5-6H2,(H,19,22)/b18-11+. The number of phenolic OH excluding ortho intramolecular Hbond substituents is 1. The molecule has 0 radical (unpaired) electrons. The van der Waals surface area contributed by atoms with Gasteiger partial charge in [0.2, 0.25) is 0 Å². The number of aromatic nitrogens is 1. The summed E-state index contributed by atoms with van der Waals surface area (Å²) in [5.41, 5.74) is 3.59. The van der Waals surface area contributed by atoms with Crippen molar-refractivity contribution in [2.45, 2.75) is 31.7 Å². The minimum atomic E-state index is -0.426. The van der Waals surface area contributed by atoms with Gasteiger partial charge in [0.1, 0.15) is 5.75 Å². The van der Waals surface area contributed by atoms with Crippen LogP contribution in [0.25, 0.3) is 0 Å². The summed E-state index contributed by atoms with van der Waals surface area (Å²) in [4.78, 5) is 11.9. The predicted molar refractivity (Wildman–Crippen MR) is 85.1 cm³/mol. The highest BCUT2D eigenvalue weighted by atomic mass is 16.3. The number of hydrazone groups is 1. The highest BCUT2D eigenvalue weighted by Crippen LogP contribution is 2.29. The van der Waals surface area contributed by atoms with Gasteiger partial charge in [-0.25, -0.2) is 5.43 Å². The van der Waals surface area contributed by atoms with Crippen molar-refractivity contribution in [1.82, 2.24) is 9.99 Å². The monoisotopic (exact) mass is 297 g/mol. The molecule has 114 valence electrons. The van der Waals surface area contributed by atoms with Gasteiger partial charge < -0.3 is 9.67 Å². The summed E-state index contributed by atoms with van der Waals surface area (Å²) >= 11 is 0. The first kappa shape index (κ1) is 14.4. The molecule has 5 nitrogen and oxygen atoms in total. The van der Waals surface area contributed by atoms with Crippen LogP contribution in [-0.4, -0.2) is 21.8 Å². The molecular weight excluding hydrogens is 278 g/mol. The molecule has 0 atom stereocenters. The van der Waals surface area contributed by atoms with Crippen molar-refractivity contribution in [2.24, 2.45) is 5.10 Å². The molecule has 2 aromatic rings. The number of hydrogen-bond donors (Lipinski definition) is 2. The van der Waals surface area contributed by atoms with Gasteiger partial charge in [0, 0.05) is 24.0 Å². The lowest BCUT2D eigenvalue weighted by Crippen LogP contribution is -2.17. The van der Waals surface area contributed by atoms with Crippen LogP contribution in [0.1, 0.15) is 47.6 Å². The molecule has 1 saturated carbocycles. The molecule has 1 aliphatic carbocycles. The smallest absolute Gasteiger partial charge is 0.275 e. The molecule has 0 saturated heterocycles. The van der Waals surface area contributed by atoms with Gasteiger partial charge in [-0.2, -0.15) is 5.10 Å². The number of benzene rings is 1. The number of nitrogens with zero attached hydrogens (tertiary/aromatic N) is 2. The zero-order valence-corrected chi connectivity index (χ0v) is 12.3. The molecule has 1 aliphatic rings. The Balaban J connectivity index is 1.60. The van der Waals surface area contributed by atoms with Crippen LogP contribution < -0.4 is 5.43 Å². The van der Waals surface area contributed by atoms with Gasteiger partial charge in [0.25, 0.3) is 5.91 Å². The summed E-state index contributed by atoms with van der Waals surface area (Å²) in [6, 6.07) is 8.96. The van der Waals surface area contributed by atoms with E-state index in [1.807, 2.05) is 12.3 Å². The average Bonchev–Trinajstić information content (AvgIpc) is 3.18. The first-order valence-electron chi connectivity index (χ1n) is 7.53. The van der Waals surface area contributed by atoms with Crippen molar-refractivity contribution in [3.8, 4) is 5.75 Å². The largest absolute Gasteiger partial charge is 0.507 e. The normalized spacial score (nSPS) is 15.5.